The molecule has 1 heterocycles. The zero-order valence-corrected chi connectivity index (χ0v) is 17.6. The van der Waals surface area contributed by atoms with Crippen LogP contribution in [0.2, 0.25) is 0 Å². The van der Waals surface area contributed by atoms with Crippen LogP contribution in [0.1, 0.15) is 30.9 Å². The average molecular weight is 432 g/mol. The third kappa shape index (κ3) is 4.30. The van der Waals surface area contributed by atoms with E-state index in [1.54, 1.807) is 12.1 Å². The molecule has 0 radical (unpaired) electrons. The molecule has 162 valence electrons. The predicted molar refractivity (Wildman–Crippen MR) is 121 cm³/mol. The number of hydrogen-bond donors (Lipinski definition) is 1. The fourth-order valence-corrected chi connectivity index (χ4v) is 3.63. The van der Waals surface area contributed by atoms with Gasteiger partial charge in [-0.05, 0) is 72.5 Å². The molecule has 32 heavy (non-hydrogen) atoms. The smallest absolute Gasteiger partial charge is 0.282 e. The van der Waals surface area contributed by atoms with Gasteiger partial charge < -0.3 is 5.32 Å². The van der Waals surface area contributed by atoms with E-state index in [-0.39, 0.29) is 11.3 Å². The van der Waals surface area contributed by atoms with Gasteiger partial charge in [0.25, 0.3) is 11.8 Å². The minimum Gasteiger partial charge on any atom is -0.350 e. The predicted octanol–water partition coefficient (Wildman–Crippen LogP) is 5.70. The molecule has 3 aromatic rings. The highest BCUT2D eigenvalue weighted by Crippen LogP contribution is 2.34. The van der Waals surface area contributed by atoms with Crippen molar-refractivity contribution in [1.29, 1.82) is 0 Å². The maximum atomic E-state index is 13.5. The first-order valence-corrected chi connectivity index (χ1v) is 10.5. The van der Waals surface area contributed by atoms with Crippen molar-refractivity contribution in [3.63, 3.8) is 0 Å². The van der Waals surface area contributed by atoms with E-state index in [0.717, 1.165) is 29.7 Å². The Labute approximate surface area is 185 Å². The summed E-state index contributed by atoms with van der Waals surface area (Å²) in [6, 6.07) is 18.2. The van der Waals surface area contributed by atoms with Crippen molar-refractivity contribution in [2.45, 2.75) is 26.2 Å². The molecule has 2 amide bonds. The number of aryl methyl sites for hydroxylation is 1. The SMILES string of the molecule is CCCCc1ccc(N2C(=O)C(Nc3ccc(F)cc3)=C(c3ccc(F)cc3)C2=O)cc1. The van der Waals surface area contributed by atoms with Crippen LogP contribution in [0, 0.1) is 11.6 Å². The fraction of sp³-hybridized carbons (Fsp3) is 0.154. The van der Waals surface area contributed by atoms with E-state index in [1.165, 1.54) is 48.5 Å². The Morgan fingerprint density at radius 2 is 1.38 bits per heavy atom. The number of halogens is 2. The van der Waals surface area contributed by atoms with E-state index >= 15 is 0 Å². The second-order valence-corrected chi connectivity index (χ2v) is 7.60. The van der Waals surface area contributed by atoms with Crippen molar-refractivity contribution in [2.75, 3.05) is 10.2 Å². The van der Waals surface area contributed by atoms with Gasteiger partial charge in [-0.15, -0.1) is 0 Å². The number of rotatable bonds is 7. The number of nitrogens with zero attached hydrogens (tertiary/aromatic N) is 1. The zero-order valence-electron chi connectivity index (χ0n) is 17.6. The Morgan fingerprint density at radius 1 is 0.781 bits per heavy atom. The van der Waals surface area contributed by atoms with Crippen LogP contribution < -0.4 is 10.2 Å². The molecule has 0 aromatic heterocycles. The highest BCUT2D eigenvalue weighted by atomic mass is 19.1. The van der Waals surface area contributed by atoms with Crippen LogP contribution in [0.3, 0.4) is 0 Å². The van der Waals surface area contributed by atoms with Crippen LogP contribution >= 0.6 is 0 Å². The molecule has 4 nitrogen and oxygen atoms in total. The van der Waals surface area contributed by atoms with Gasteiger partial charge in [-0.2, -0.15) is 0 Å². The lowest BCUT2D eigenvalue weighted by atomic mass is 10.0. The minimum atomic E-state index is -0.528. The summed E-state index contributed by atoms with van der Waals surface area (Å²) >= 11 is 0. The lowest BCUT2D eigenvalue weighted by molar-refractivity contribution is -0.120. The maximum Gasteiger partial charge on any atom is 0.282 e. The first kappa shape index (κ1) is 21.4. The molecule has 6 heteroatoms. The lowest BCUT2D eigenvalue weighted by Gasteiger charge is -2.16. The number of amides is 2. The zero-order chi connectivity index (χ0) is 22.7. The molecular formula is C26H22F2N2O2. The van der Waals surface area contributed by atoms with Crippen molar-refractivity contribution < 1.29 is 18.4 Å². The van der Waals surface area contributed by atoms with Gasteiger partial charge in [-0.3, -0.25) is 9.59 Å². The van der Waals surface area contributed by atoms with Crippen LogP contribution in [0.4, 0.5) is 20.2 Å². The number of hydrogen-bond acceptors (Lipinski definition) is 3. The molecule has 0 bridgehead atoms. The van der Waals surface area contributed by atoms with Crippen molar-refractivity contribution in [3.05, 3.63) is 101 Å². The first-order chi connectivity index (χ1) is 15.5. The molecule has 0 saturated heterocycles. The summed E-state index contributed by atoms with van der Waals surface area (Å²) in [5.41, 5.74) is 2.65. The van der Waals surface area contributed by atoms with E-state index in [9.17, 15) is 18.4 Å². The maximum absolute atomic E-state index is 13.5. The molecule has 1 aliphatic heterocycles. The topological polar surface area (TPSA) is 49.4 Å². The van der Waals surface area contributed by atoms with Crippen LogP contribution in [0.5, 0.6) is 0 Å². The number of carbonyl (C=O) groups excluding carboxylic acids is 2. The minimum absolute atomic E-state index is 0.0586. The molecule has 0 aliphatic carbocycles. The second-order valence-electron chi connectivity index (χ2n) is 7.60. The Bertz CT molecular complexity index is 1170. The Balaban J connectivity index is 1.72. The molecule has 0 atom stereocenters. The molecular weight excluding hydrogens is 410 g/mol. The number of nitrogens with one attached hydrogen (secondary N) is 1. The van der Waals surface area contributed by atoms with Gasteiger partial charge in [-0.1, -0.05) is 37.6 Å². The van der Waals surface area contributed by atoms with E-state index in [1.807, 2.05) is 12.1 Å². The first-order valence-electron chi connectivity index (χ1n) is 10.5. The Morgan fingerprint density at radius 3 is 1.97 bits per heavy atom. The van der Waals surface area contributed by atoms with Gasteiger partial charge in [0.2, 0.25) is 0 Å². The standard InChI is InChI=1S/C26H22F2N2O2/c1-2-3-4-17-5-15-22(16-6-17)30-25(31)23(18-7-9-19(27)10-8-18)24(26(30)32)29-21-13-11-20(28)12-14-21/h5-16,29H,2-4H2,1H3. The van der Waals surface area contributed by atoms with Crippen molar-refractivity contribution >= 4 is 28.8 Å². The summed E-state index contributed by atoms with van der Waals surface area (Å²) in [5.74, 6) is -1.90. The normalized spacial score (nSPS) is 13.8. The van der Waals surface area contributed by atoms with Gasteiger partial charge in [0.15, 0.2) is 0 Å². The summed E-state index contributed by atoms with van der Waals surface area (Å²) in [7, 11) is 0. The number of carbonyl (C=O) groups is 2. The van der Waals surface area contributed by atoms with E-state index < -0.39 is 23.4 Å². The average Bonchev–Trinajstić information content (AvgIpc) is 3.04. The quantitative estimate of drug-likeness (QED) is 0.487. The molecule has 3 aromatic carbocycles. The molecule has 0 spiro atoms. The Kier molecular flexibility index (Phi) is 6.12. The van der Waals surface area contributed by atoms with Crippen LogP contribution in [-0.4, -0.2) is 11.8 Å². The van der Waals surface area contributed by atoms with Crippen molar-refractivity contribution in [2.24, 2.45) is 0 Å². The molecule has 0 unspecified atom stereocenters. The number of imide groups is 1. The molecule has 1 N–H and O–H groups in total. The van der Waals surface area contributed by atoms with Gasteiger partial charge in [0.1, 0.15) is 17.3 Å². The van der Waals surface area contributed by atoms with Crippen molar-refractivity contribution in [1.82, 2.24) is 0 Å². The third-order valence-corrected chi connectivity index (χ3v) is 5.34. The number of benzene rings is 3. The third-order valence-electron chi connectivity index (χ3n) is 5.34. The summed E-state index contributed by atoms with van der Waals surface area (Å²) in [6.45, 7) is 2.12. The highest BCUT2D eigenvalue weighted by Gasteiger charge is 2.40. The summed E-state index contributed by atoms with van der Waals surface area (Å²) in [6.07, 6.45) is 3.06. The molecule has 4 rings (SSSR count). The number of unbranched alkanes of at least 4 members (excludes halogenated alkanes) is 1. The van der Waals surface area contributed by atoms with Gasteiger partial charge >= 0.3 is 0 Å². The number of anilines is 2. The monoisotopic (exact) mass is 432 g/mol. The summed E-state index contributed by atoms with van der Waals surface area (Å²) in [5, 5.41) is 2.96. The van der Waals surface area contributed by atoms with Crippen LogP contribution in [-0.2, 0) is 16.0 Å². The molecule has 1 aliphatic rings. The van der Waals surface area contributed by atoms with Gasteiger partial charge in [0.05, 0.1) is 11.3 Å². The largest absolute Gasteiger partial charge is 0.350 e. The second kappa shape index (κ2) is 9.14. The van der Waals surface area contributed by atoms with E-state index in [2.05, 4.69) is 12.2 Å². The van der Waals surface area contributed by atoms with Crippen molar-refractivity contribution in [3.8, 4) is 0 Å². The van der Waals surface area contributed by atoms with Gasteiger partial charge in [0, 0.05) is 5.69 Å². The molecule has 0 saturated carbocycles. The summed E-state index contributed by atoms with van der Waals surface area (Å²) < 4.78 is 26.8. The van der Waals surface area contributed by atoms with Crippen LogP contribution in [0.15, 0.2) is 78.5 Å². The lowest BCUT2D eigenvalue weighted by Crippen LogP contribution is -2.32. The van der Waals surface area contributed by atoms with Crippen LogP contribution in [0.25, 0.3) is 5.57 Å². The summed E-state index contributed by atoms with van der Waals surface area (Å²) in [4.78, 5) is 27.8. The van der Waals surface area contributed by atoms with E-state index in [4.69, 9.17) is 0 Å². The highest BCUT2D eigenvalue weighted by molar-refractivity contribution is 6.46. The molecule has 0 fully saturated rings. The van der Waals surface area contributed by atoms with Gasteiger partial charge in [-0.25, -0.2) is 13.7 Å². The Hall–Kier alpha value is -3.80. The van der Waals surface area contributed by atoms with E-state index in [0.29, 0.717) is 16.9 Å². The fourth-order valence-electron chi connectivity index (χ4n) is 3.63.